The number of benzene rings is 1. The molecule has 1 aromatic carbocycles. The van der Waals surface area contributed by atoms with Gasteiger partial charge in [-0.2, -0.15) is 12.6 Å². The highest BCUT2D eigenvalue weighted by Crippen LogP contribution is 2.63. The largest absolute Gasteiger partial charge is 0.453 e. The summed E-state index contributed by atoms with van der Waals surface area (Å²) >= 11 is 4.77. The van der Waals surface area contributed by atoms with E-state index in [9.17, 15) is 4.79 Å². The van der Waals surface area contributed by atoms with E-state index in [2.05, 4.69) is 45.0 Å². The molecule has 4 bridgehead atoms. The zero-order valence-corrected chi connectivity index (χ0v) is 17.4. The van der Waals surface area contributed by atoms with Gasteiger partial charge in [0.1, 0.15) is 10.3 Å². The number of hydrogen-bond acceptors (Lipinski definition) is 3. The summed E-state index contributed by atoms with van der Waals surface area (Å²) in [5.74, 6) is 2.41. The van der Waals surface area contributed by atoms with Crippen LogP contribution in [0.25, 0.3) is 0 Å². The van der Waals surface area contributed by atoms with Crippen molar-refractivity contribution in [2.45, 2.75) is 70.1 Å². The van der Waals surface area contributed by atoms with E-state index in [4.69, 9.17) is 17.4 Å². The van der Waals surface area contributed by atoms with Gasteiger partial charge in [0.05, 0.1) is 0 Å². The lowest BCUT2D eigenvalue weighted by atomic mass is 9.48. The second kappa shape index (κ2) is 6.02. The third-order valence-electron chi connectivity index (χ3n) is 7.70. The first-order valence-electron chi connectivity index (χ1n) is 10.2. The Morgan fingerprint density at radius 3 is 1.92 bits per heavy atom. The molecule has 0 amide bonds. The van der Waals surface area contributed by atoms with Crippen molar-refractivity contribution in [2.75, 3.05) is 0 Å². The van der Waals surface area contributed by atoms with E-state index >= 15 is 0 Å². The van der Waals surface area contributed by atoms with Crippen LogP contribution in [0.5, 0.6) is 0 Å². The maximum absolute atomic E-state index is 13.4. The lowest BCUT2D eigenvalue weighted by molar-refractivity contribution is -0.218. The zero-order chi connectivity index (χ0) is 18.7. The number of esters is 1. The molecule has 0 N–H and O–H groups in total. The highest BCUT2D eigenvalue weighted by molar-refractivity contribution is 7.82. The van der Waals surface area contributed by atoms with E-state index in [0.29, 0.717) is 11.8 Å². The Balaban J connectivity index is 1.75. The maximum atomic E-state index is 13.4. The second-order valence-corrected chi connectivity index (χ2v) is 11.1. The van der Waals surface area contributed by atoms with Crippen molar-refractivity contribution in [3.05, 3.63) is 35.9 Å². The van der Waals surface area contributed by atoms with E-state index < -0.39 is 10.3 Å². The van der Waals surface area contributed by atoms with Crippen molar-refractivity contribution in [3.63, 3.8) is 0 Å². The highest BCUT2D eigenvalue weighted by atomic mass is 32.1. The number of carbonyl (C=O) groups is 1. The number of rotatable bonds is 3. The standard InChI is InChI=1S/C23H32O2S/c1-21(2,3)22(4,26)20(24)25-23(17-8-6-5-7-9-17)18-11-15-10-16(13-18)14-19(23)12-15/h5-9,15-16,18-19,26H,10-14H2,1-4H3. The Labute approximate surface area is 163 Å². The summed E-state index contributed by atoms with van der Waals surface area (Å²) in [6.07, 6.45) is 6.20. The Morgan fingerprint density at radius 1 is 0.962 bits per heavy atom. The van der Waals surface area contributed by atoms with Crippen LogP contribution in [-0.2, 0) is 15.1 Å². The molecule has 1 atom stereocenters. The van der Waals surface area contributed by atoms with Crippen LogP contribution >= 0.6 is 12.6 Å². The first kappa shape index (κ1) is 18.4. The van der Waals surface area contributed by atoms with Gasteiger partial charge < -0.3 is 4.74 Å². The fourth-order valence-electron chi connectivity index (χ4n) is 5.84. The molecular formula is C23H32O2S. The van der Waals surface area contributed by atoms with Gasteiger partial charge in [-0.1, -0.05) is 51.1 Å². The van der Waals surface area contributed by atoms with Crippen LogP contribution < -0.4 is 0 Å². The molecule has 0 saturated heterocycles. The summed E-state index contributed by atoms with van der Waals surface area (Å²) in [6, 6.07) is 10.6. The summed E-state index contributed by atoms with van der Waals surface area (Å²) in [7, 11) is 0. The molecule has 142 valence electrons. The molecule has 2 nitrogen and oxygen atoms in total. The Kier molecular flexibility index (Phi) is 4.26. The van der Waals surface area contributed by atoms with Gasteiger partial charge in [-0.3, -0.25) is 4.79 Å². The van der Waals surface area contributed by atoms with Crippen LogP contribution in [-0.4, -0.2) is 10.7 Å². The van der Waals surface area contributed by atoms with Crippen molar-refractivity contribution in [3.8, 4) is 0 Å². The van der Waals surface area contributed by atoms with E-state index in [1.807, 2.05) is 13.0 Å². The highest BCUT2D eigenvalue weighted by Gasteiger charge is 2.61. The van der Waals surface area contributed by atoms with Gasteiger partial charge in [-0.05, 0) is 61.8 Å². The van der Waals surface area contributed by atoms with E-state index in [-0.39, 0.29) is 11.4 Å². The second-order valence-electron chi connectivity index (χ2n) is 10.2. The van der Waals surface area contributed by atoms with E-state index in [0.717, 1.165) is 11.8 Å². The van der Waals surface area contributed by atoms with Crippen LogP contribution in [0.3, 0.4) is 0 Å². The van der Waals surface area contributed by atoms with Gasteiger partial charge in [0.25, 0.3) is 0 Å². The minimum atomic E-state index is -0.816. The van der Waals surface area contributed by atoms with Crippen LogP contribution in [0, 0.1) is 29.1 Å². The topological polar surface area (TPSA) is 26.3 Å². The van der Waals surface area contributed by atoms with Crippen molar-refractivity contribution in [2.24, 2.45) is 29.1 Å². The third kappa shape index (κ3) is 2.65. The van der Waals surface area contributed by atoms with Gasteiger partial charge in [0.2, 0.25) is 0 Å². The zero-order valence-electron chi connectivity index (χ0n) is 16.5. The number of hydrogen-bond donors (Lipinski definition) is 1. The normalized spacial score (nSPS) is 38.0. The van der Waals surface area contributed by atoms with Crippen LogP contribution in [0.15, 0.2) is 30.3 Å². The summed E-state index contributed by atoms with van der Waals surface area (Å²) in [6.45, 7) is 8.10. The third-order valence-corrected chi connectivity index (χ3v) is 8.55. The molecule has 0 aliphatic heterocycles. The quantitative estimate of drug-likeness (QED) is 0.551. The Morgan fingerprint density at radius 2 is 1.46 bits per heavy atom. The molecule has 0 aromatic heterocycles. The number of thiol groups is 1. The average molecular weight is 373 g/mol. The Bertz CT molecular complexity index is 658. The molecule has 4 aliphatic rings. The van der Waals surface area contributed by atoms with Gasteiger partial charge >= 0.3 is 5.97 Å². The predicted octanol–water partition coefficient (Wildman–Crippen LogP) is 5.62. The molecule has 1 aromatic rings. The van der Waals surface area contributed by atoms with Crippen molar-refractivity contribution >= 4 is 18.6 Å². The molecule has 3 heteroatoms. The predicted molar refractivity (Wildman–Crippen MR) is 108 cm³/mol. The van der Waals surface area contributed by atoms with Crippen molar-refractivity contribution in [1.29, 1.82) is 0 Å². The fraction of sp³-hybridized carbons (Fsp3) is 0.696. The molecule has 4 saturated carbocycles. The van der Waals surface area contributed by atoms with Crippen LogP contribution in [0.2, 0.25) is 0 Å². The average Bonchev–Trinajstić information content (AvgIpc) is 2.57. The summed E-state index contributed by atoms with van der Waals surface area (Å²) < 4.78 is 5.76. The minimum Gasteiger partial charge on any atom is -0.453 e. The number of ether oxygens (including phenoxy) is 1. The molecule has 26 heavy (non-hydrogen) atoms. The summed E-state index contributed by atoms with van der Waals surface area (Å²) in [4.78, 5) is 13.4. The molecular weight excluding hydrogens is 340 g/mol. The molecule has 4 fully saturated rings. The molecule has 0 spiro atoms. The number of carbonyl (C=O) groups excluding carboxylic acids is 1. The molecule has 4 aliphatic carbocycles. The first-order valence-corrected chi connectivity index (χ1v) is 10.6. The van der Waals surface area contributed by atoms with Crippen molar-refractivity contribution in [1.82, 2.24) is 0 Å². The van der Waals surface area contributed by atoms with Crippen LogP contribution in [0.4, 0.5) is 0 Å². The lowest BCUT2D eigenvalue weighted by Gasteiger charge is -2.60. The Hall–Kier alpha value is -0.960. The molecule has 1 unspecified atom stereocenters. The first-order chi connectivity index (χ1) is 12.1. The smallest absolute Gasteiger partial charge is 0.323 e. The molecule has 0 radical (unpaired) electrons. The van der Waals surface area contributed by atoms with Gasteiger partial charge in [-0.15, -0.1) is 0 Å². The summed E-state index contributed by atoms with van der Waals surface area (Å²) in [5.41, 5.74) is 0.470. The lowest BCUT2D eigenvalue weighted by Crippen LogP contribution is -2.59. The van der Waals surface area contributed by atoms with Gasteiger partial charge in [-0.25, -0.2) is 0 Å². The summed E-state index contributed by atoms with van der Waals surface area (Å²) in [5, 5.41) is 0. The van der Waals surface area contributed by atoms with Gasteiger partial charge in [0, 0.05) is 11.8 Å². The maximum Gasteiger partial charge on any atom is 0.323 e. The monoisotopic (exact) mass is 372 g/mol. The molecule has 5 rings (SSSR count). The fourth-order valence-corrected chi connectivity index (χ4v) is 5.88. The van der Waals surface area contributed by atoms with E-state index in [1.54, 1.807) is 0 Å². The van der Waals surface area contributed by atoms with E-state index in [1.165, 1.54) is 37.7 Å². The SMILES string of the molecule is CC(C)(C)C(C)(S)C(=O)OC1(c2ccccc2)C2CC3CC(C2)CC1C3. The minimum absolute atomic E-state index is 0.162. The van der Waals surface area contributed by atoms with Crippen molar-refractivity contribution < 1.29 is 9.53 Å². The van der Waals surface area contributed by atoms with Gasteiger partial charge in [0.15, 0.2) is 0 Å². The van der Waals surface area contributed by atoms with Crippen LogP contribution in [0.1, 0.15) is 65.4 Å². The molecule has 0 heterocycles.